The van der Waals surface area contributed by atoms with Crippen LogP contribution in [0, 0.1) is 6.92 Å². The number of benzene rings is 2. The number of rotatable bonds is 5. The molecule has 136 valence electrons. The van der Waals surface area contributed by atoms with E-state index in [1.54, 1.807) is 11.3 Å². The van der Waals surface area contributed by atoms with Crippen molar-refractivity contribution in [2.45, 2.75) is 12.8 Å². The van der Waals surface area contributed by atoms with Crippen LogP contribution >= 0.6 is 23.6 Å². The van der Waals surface area contributed by atoms with Crippen molar-refractivity contribution in [1.82, 2.24) is 10.3 Å². The summed E-state index contributed by atoms with van der Waals surface area (Å²) in [5.41, 5.74) is 4.67. The Morgan fingerprint density at radius 3 is 2.81 bits per heavy atom. The lowest BCUT2D eigenvalue weighted by molar-refractivity contribution is 0.778. The van der Waals surface area contributed by atoms with Crippen LogP contribution in [0.4, 0.5) is 5.69 Å². The van der Waals surface area contributed by atoms with Crippen LogP contribution in [0.1, 0.15) is 21.9 Å². The standard InChI is InChI=1S/C22H21N3S2/c1-15-6-4-7-16(12-15)25-22(26)24-14-19(21-10-5-11-27-21)18-13-23-20-9-3-2-8-17(18)20/h2-13,19,23H,14H2,1H3,(H2,24,25,26)/t19-/m1/s1. The van der Waals surface area contributed by atoms with Crippen LogP contribution in [0.5, 0.6) is 0 Å². The third kappa shape index (κ3) is 4.04. The topological polar surface area (TPSA) is 39.8 Å². The minimum Gasteiger partial charge on any atom is -0.361 e. The van der Waals surface area contributed by atoms with Crippen molar-refractivity contribution in [3.63, 3.8) is 0 Å². The number of anilines is 1. The van der Waals surface area contributed by atoms with Crippen LogP contribution in [-0.2, 0) is 0 Å². The van der Waals surface area contributed by atoms with Gasteiger partial charge in [-0.05, 0) is 59.9 Å². The highest BCUT2D eigenvalue weighted by atomic mass is 32.1. The van der Waals surface area contributed by atoms with Gasteiger partial charge in [-0.1, -0.05) is 36.4 Å². The Labute approximate surface area is 168 Å². The fraction of sp³-hybridized carbons (Fsp3) is 0.136. The SMILES string of the molecule is Cc1cccc(NC(=S)NC[C@@H](c2cccs2)c2c[nH]c3ccccc23)c1. The van der Waals surface area contributed by atoms with E-state index in [2.05, 4.69) is 82.6 Å². The number of fused-ring (bicyclic) bond motifs is 1. The second kappa shape index (κ2) is 7.94. The maximum Gasteiger partial charge on any atom is 0.170 e. The number of thiocarbonyl (C=S) groups is 1. The first-order chi connectivity index (χ1) is 13.2. The summed E-state index contributed by atoms with van der Waals surface area (Å²) < 4.78 is 0. The largest absolute Gasteiger partial charge is 0.361 e. The highest BCUT2D eigenvalue weighted by Crippen LogP contribution is 2.32. The molecule has 5 heteroatoms. The van der Waals surface area contributed by atoms with E-state index in [0.717, 1.165) is 17.7 Å². The molecule has 0 unspecified atom stereocenters. The Balaban J connectivity index is 1.53. The Kier molecular flexibility index (Phi) is 5.23. The van der Waals surface area contributed by atoms with E-state index < -0.39 is 0 Å². The van der Waals surface area contributed by atoms with Crippen LogP contribution in [0.2, 0.25) is 0 Å². The average molecular weight is 392 g/mol. The lowest BCUT2D eigenvalue weighted by Gasteiger charge is -2.18. The first kappa shape index (κ1) is 17.8. The predicted octanol–water partition coefficient (Wildman–Crippen LogP) is 5.66. The van der Waals surface area contributed by atoms with Gasteiger partial charge in [0.15, 0.2) is 5.11 Å². The van der Waals surface area contributed by atoms with Crippen LogP contribution < -0.4 is 10.6 Å². The summed E-state index contributed by atoms with van der Waals surface area (Å²) in [5.74, 6) is 0.235. The van der Waals surface area contributed by atoms with Crippen molar-refractivity contribution >= 4 is 45.3 Å². The number of hydrogen-bond donors (Lipinski definition) is 3. The number of aryl methyl sites for hydroxylation is 1. The monoisotopic (exact) mass is 391 g/mol. The minimum absolute atomic E-state index is 0.235. The lowest BCUT2D eigenvalue weighted by Crippen LogP contribution is -2.32. The second-order valence-corrected chi connectivity index (χ2v) is 7.95. The van der Waals surface area contributed by atoms with Gasteiger partial charge in [0.25, 0.3) is 0 Å². The Bertz CT molecular complexity index is 1050. The fourth-order valence-electron chi connectivity index (χ4n) is 3.33. The van der Waals surface area contributed by atoms with Gasteiger partial charge in [-0.15, -0.1) is 11.3 Å². The molecule has 0 fully saturated rings. The average Bonchev–Trinajstić information content (AvgIpc) is 3.33. The van der Waals surface area contributed by atoms with Crippen molar-refractivity contribution < 1.29 is 0 Å². The lowest BCUT2D eigenvalue weighted by atomic mass is 9.97. The predicted molar refractivity (Wildman–Crippen MR) is 120 cm³/mol. The van der Waals surface area contributed by atoms with Crippen LogP contribution in [0.15, 0.2) is 72.2 Å². The summed E-state index contributed by atoms with van der Waals surface area (Å²) in [6.45, 7) is 2.81. The van der Waals surface area contributed by atoms with Gasteiger partial charge in [-0.2, -0.15) is 0 Å². The zero-order valence-corrected chi connectivity index (χ0v) is 16.7. The highest BCUT2D eigenvalue weighted by Gasteiger charge is 2.19. The molecule has 4 aromatic rings. The van der Waals surface area contributed by atoms with Gasteiger partial charge in [0.05, 0.1) is 0 Å². The Morgan fingerprint density at radius 1 is 1.11 bits per heavy atom. The van der Waals surface area contributed by atoms with Gasteiger partial charge in [0, 0.05) is 40.1 Å². The first-order valence-electron chi connectivity index (χ1n) is 8.91. The third-order valence-electron chi connectivity index (χ3n) is 4.63. The first-order valence-corrected chi connectivity index (χ1v) is 10.2. The van der Waals surface area contributed by atoms with E-state index in [1.807, 2.05) is 12.1 Å². The highest BCUT2D eigenvalue weighted by molar-refractivity contribution is 7.80. The number of hydrogen-bond acceptors (Lipinski definition) is 2. The van der Waals surface area contributed by atoms with Crippen LogP contribution in [0.25, 0.3) is 10.9 Å². The van der Waals surface area contributed by atoms with E-state index in [-0.39, 0.29) is 5.92 Å². The Hall–Kier alpha value is -2.63. The number of aromatic amines is 1. The maximum absolute atomic E-state index is 5.53. The maximum atomic E-state index is 5.53. The molecule has 4 rings (SSSR count). The molecule has 0 bridgehead atoms. The molecule has 0 saturated carbocycles. The summed E-state index contributed by atoms with van der Waals surface area (Å²) in [6, 6.07) is 20.9. The molecule has 0 spiro atoms. The fourth-order valence-corrected chi connectivity index (χ4v) is 4.38. The molecule has 0 radical (unpaired) electrons. The third-order valence-corrected chi connectivity index (χ3v) is 5.86. The van der Waals surface area contributed by atoms with Crippen LogP contribution in [0.3, 0.4) is 0 Å². The number of nitrogens with one attached hydrogen (secondary N) is 3. The molecular weight excluding hydrogens is 370 g/mol. The molecule has 0 aliphatic carbocycles. The number of H-pyrrole nitrogens is 1. The summed E-state index contributed by atoms with van der Waals surface area (Å²) in [5, 5.41) is 10.7. The van der Waals surface area contributed by atoms with Crippen molar-refractivity contribution in [3.05, 3.63) is 88.2 Å². The Morgan fingerprint density at radius 2 is 2.00 bits per heavy atom. The molecule has 2 aromatic carbocycles. The van der Waals surface area contributed by atoms with E-state index >= 15 is 0 Å². The molecule has 0 amide bonds. The molecule has 27 heavy (non-hydrogen) atoms. The molecule has 0 saturated heterocycles. The molecule has 1 atom stereocenters. The van der Waals surface area contributed by atoms with Gasteiger partial charge < -0.3 is 15.6 Å². The van der Waals surface area contributed by atoms with Gasteiger partial charge >= 0.3 is 0 Å². The quantitative estimate of drug-likeness (QED) is 0.385. The number of para-hydroxylation sites is 1. The van der Waals surface area contributed by atoms with Crippen molar-refractivity contribution in [3.8, 4) is 0 Å². The van der Waals surface area contributed by atoms with Crippen molar-refractivity contribution in [2.24, 2.45) is 0 Å². The van der Waals surface area contributed by atoms with E-state index in [1.165, 1.54) is 21.4 Å². The van der Waals surface area contributed by atoms with E-state index in [9.17, 15) is 0 Å². The van der Waals surface area contributed by atoms with E-state index in [0.29, 0.717) is 5.11 Å². The van der Waals surface area contributed by atoms with Crippen molar-refractivity contribution in [1.29, 1.82) is 0 Å². The second-order valence-electron chi connectivity index (χ2n) is 6.56. The molecular formula is C22H21N3S2. The zero-order valence-electron chi connectivity index (χ0n) is 15.0. The number of aromatic nitrogens is 1. The zero-order chi connectivity index (χ0) is 18.6. The summed E-state index contributed by atoms with van der Waals surface area (Å²) in [7, 11) is 0. The summed E-state index contributed by atoms with van der Waals surface area (Å²) >= 11 is 7.30. The molecule has 3 nitrogen and oxygen atoms in total. The molecule has 0 aliphatic heterocycles. The minimum atomic E-state index is 0.235. The summed E-state index contributed by atoms with van der Waals surface area (Å²) in [4.78, 5) is 4.72. The molecule has 2 aromatic heterocycles. The normalized spacial score (nSPS) is 12.0. The van der Waals surface area contributed by atoms with Crippen LogP contribution in [-0.4, -0.2) is 16.6 Å². The molecule has 2 heterocycles. The van der Waals surface area contributed by atoms with Gasteiger partial charge in [-0.3, -0.25) is 0 Å². The van der Waals surface area contributed by atoms with Gasteiger partial charge in [-0.25, -0.2) is 0 Å². The van der Waals surface area contributed by atoms with Gasteiger partial charge in [0.2, 0.25) is 0 Å². The van der Waals surface area contributed by atoms with E-state index in [4.69, 9.17) is 12.2 Å². The van der Waals surface area contributed by atoms with Gasteiger partial charge in [0.1, 0.15) is 0 Å². The summed E-state index contributed by atoms with van der Waals surface area (Å²) in [6.07, 6.45) is 2.12. The van der Waals surface area contributed by atoms with Crippen molar-refractivity contribution in [2.75, 3.05) is 11.9 Å². The number of thiophene rings is 1. The molecule has 3 N–H and O–H groups in total. The smallest absolute Gasteiger partial charge is 0.170 e. The molecule has 0 aliphatic rings.